The summed E-state index contributed by atoms with van der Waals surface area (Å²) in [6, 6.07) is 12.2. The summed E-state index contributed by atoms with van der Waals surface area (Å²) < 4.78 is 68.5. The maximum absolute atomic E-state index is 14.7. The van der Waals surface area contributed by atoms with Crippen LogP contribution in [0.1, 0.15) is 31.1 Å². The predicted octanol–water partition coefficient (Wildman–Crippen LogP) is 5.27. The van der Waals surface area contributed by atoms with E-state index in [4.69, 9.17) is 0 Å². The molecule has 1 aromatic carbocycles. The van der Waals surface area contributed by atoms with E-state index in [1.807, 2.05) is 0 Å². The van der Waals surface area contributed by atoms with Crippen molar-refractivity contribution in [1.82, 2.24) is 24.7 Å². The van der Waals surface area contributed by atoms with Crippen LogP contribution in [0.15, 0.2) is 42.5 Å². The van der Waals surface area contributed by atoms with Crippen LogP contribution in [0.4, 0.5) is 27.6 Å². The van der Waals surface area contributed by atoms with Crippen LogP contribution < -0.4 is 0 Å². The molecule has 0 fully saturated rings. The van der Waals surface area contributed by atoms with E-state index in [1.165, 1.54) is 25.2 Å². The fourth-order valence-electron chi connectivity index (χ4n) is 3.53. The van der Waals surface area contributed by atoms with Gasteiger partial charge in [0, 0.05) is 44.1 Å². The topological polar surface area (TPSA) is 99.6 Å². The van der Waals surface area contributed by atoms with Crippen LogP contribution in [0.2, 0.25) is 0 Å². The zero-order chi connectivity index (χ0) is 26.4. The Morgan fingerprint density at radius 2 is 1.54 bits per heavy atom. The maximum atomic E-state index is 14.7. The van der Waals surface area contributed by atoms with Crippen molar-refractivity contribution in [2.24, 2.45) is 7.05 Å². The SMILES string of the molecule is Cn1nc(C(F)(F)F)nc1-c1cccc(C(C)(C)c2cccc(-c3[c-]cc(F)c([N+](=O)[O-])c3F)n2)n1.[Pt]. The van der Waals surface area contributed by atoms with Gasteiger partial charge in [0.2, 0.25) is 0 Å². The molecule has 196 valence electrons. The number of alkyl halides is 3. The van der Waals surface area contributed by atoms with Gasteiger partial charge in [-0.25, -0.2) is 14.6 Å². The molecule has 0 aliphatic heterocycles. The molecule has 0 saturated heterocycles. The van der Waals surface area contributed by atoms with Gasteiger partial charge >= 0.3 is 6.18 Å². The molecule has 0 saturated carbocycles. The third kappa shape index (κ3) is 5.27. The first-order chi connectivity index (χ1) is 16.8. The first-order valence-electron chi connectivity index (χ1n) is 10.3. The van der Waals surface area contributed by atoms with Gasteiger partial charge in [-0.05, 0) is 37.7 Å². The van der Waals surface area contributed by atoms with E-state index in [9.17, 15) is 32.1 Å². The summed E-state index contributed by atoms with van der Waals surface area (Å²) in [5.41, 5.74) is -1.79. The number of rotatable bonds is 5. The molecule has 3 heterocycles. The smallest absolute Gasteiger partial charge is 0.300 e. The largest absolute Gasteiger partial charge is 0.453 e. The molecule has 0 aliphatic carbocycles. The zero-order valence-corrected chi connectivity index (χ0v) is 21.5. The number of nitro groups is 1. The first kappa shape index (κ1) is 28.0. The average Bonchev–Trinajstić information content (AvgIpc) is 3.21. The van der Waals surface area contributed by atoms with Gasteiger partial charge in [-0.2, -0.15) is 13.2 Å². The molecule has 8 nitrogen and oxygen atoms in total. The van der Waals surface area contributed by atoms with Crippen LogP contribution in [0, 0.1) is 27.8 Å². The van der Waals surface area contributed by atoms with Crippen molar-refractivity contribution < 1.29 is 47.9 Å². The molecular formula is C23H16F5N6O2Pt-. The fourth-order valence-corrected chi connectivity index (χ4v) is 3.53. The number of hydrogen-bond acceptors (Lipinski definition) is 6. The summed E-state index contributed by atoms with van der Waals surface area (Å²) in [4.78, 5) is 22.3. The van der Waals surface area contributed by atoms with Gasteiger partial charge in [0.05, 0.1) is 5.69 Å². The molecular weight excluding hydrogens is 682 g/mol. The molecule has 0 radical (unpaired) electrons. The van der Waals surface area contributed by atoms with Crippen LogP contribution in [-0.2, 0) is 39.7 Å². The van der Waals surface area contributed by atoms with Crippen molar-refractivity contribution in [3.8, 4) is 22.8 Å². The van der Waals surface area contributed by atoms with Crippen LogP contribution in [-0.4, -0.2) is 29.7 Å². The van der Waals surface area contributed by atoms with Crippen molar-refractivity contribution in [1.29, 1.82) is 0 Å². The van der Waals surface area contributed by atoms with Crippen molar-refractivity contribution in [2.75, 3.05) is 0 Å². The number of benzene rings is 1. The summed E-state index contributed by atoms with van der Waals surface area (Å²) >= 11 is 0. The van der Waals surface area contributed by atoms with Crippen LogP contribution in [0.3, 0.4) is 0 Å². The Labute approximate surface area is 221 Å². The minimum absolute atomic E-state index is 0. The standard InChI is InChI=1S/C23H16F5N6O2.Pt/c1-22(2,17-9-5-7-15(30-17)20-31-21(23(26,27)28)32-33(20)3)16-8-4-6-14(29-16)12-10-11-13(24)19(18(12)25)34(35)36;/h4-9,11H,1-3H3;/q-1;. The second-order valence-electron chi connectivity index (χ2n) is 8.25. The number of halogens is 5. The molecule has 0 bridgehead atoms. The first-order valence-corrected chi connectivity index (χ1v) is 10.3. The van der Waals surface area contributed by atoms with E-state index in [1.54, 1.807) is 32.0 Å². The summed E-state index contributed by atoms with van der Waals surface area (Å²) in [5, 5.41) is 14.5. The number of nitro benzene ring substituents is 1. The third-order valence-electron chi connectivity index (χ3n) is 5.46. The Morgan fingerprint density at radius 3 is 2.08 bits per heavy atom. The Kier molecular flexibility index (Phi) is 7.59. The fraction of sp³-hybridized carbons (Fsp3) is 0.217. The van der Waals surface area contributed by atoms with E-state index in [0.717, 1.165) is 4.68 Å². The Bertz CT molecular complexity index is 1490. The van der Waals surface area contributed by atoms with Gasteiger partial charge in [0.1, 0.15) is 17.3 Å². The van der Waals surface area contributed by atoms with Gasteiger partial charge in [0.15, 0.2) is 5.82 Å². The Balaban J connectivity index is 0.00000380. The second kappa shape index (κ2) is 10.0. The number of aryl methyl sites for hydroxylation is 1. The summed E-state index contributed by atoms with van der Waals surface area (Å²) in [5.74, 6) is -4.17. The number of pyridine rings is 2. The van der Waals surface area contributed by atoms with E-state index in [0.29, 0.717) is 17.5 Å². The van der Waals surface area contributed by atoms with Gasteiger partial charge < -0.3 is 4.98 Å². The number of hydrogen-bond donors (Lipinski definition) is 0. The second-order valence-corrected chi connectivity index (χ2v) is 8.25. The van der Waals surface area contributed by atoms with E-state index in [2.05, 4.69) is 26.1 Å². The minimum atomic E-state index is -4.72. The molecule has 4 aromatic rings. The summed E-state index contributed by atoms with van der Waals surface area (Å²) in [6.07, 6.45) is -4.72. The molecule has 4 rings (SSSR count). The van der Waals surface area contributed by atoms with Gasteiger partial charge in [-0.15, -0.1) is 17.2 Å². The zero-order valence-electron chi connectivity index (χ0n) is 19.2. The van der Waals surface area contributed by atoms with E-state index < -0.39 is 39.7 Å². The molecule has 0 N–H and O–H groups in total. The van der Waals surface area contributed by atoms with E-state index >= 15 is 0 Å². The van der Waals surface area contributed by atoms with Crippen molar-refractivity contribution >= 4 is 5.69 Å². The summed E-state index contributed by atoms with van der Waals surface area (Å²) in [6.45, 7) is 3.46. The predicted molar refractivity (Wildman–Crippen MR) is 116 cm³/mol. The Morgan fingerprint density at radius 1 is 0.973 bits per heavy atom. The normalized spacial score (nSPS) is 11.8. The summed E-state index contributed by atoms with van der Waals surface area (Å²) in [7, 11) is 1.31. The van der Waals surface area contributed by atoms with Crippen molar-refractivity contribution in [3.05, 3.63) is 87.5 Å². The van der Waals surface area contributed by atoms with Crippen molar-refractivity contribution in [2.45, 2.75) is 25.4 Å². The quantitative estimate of drug-likeness (QED) is 0.122. The molecule has 0 spiro atoms. The molecule has 14 heteroatoms. The molecule has 0 unspecified atom stereocenters. The number of aromatic nitrogens is 5. The molecule has 0 amide bonds. The third-order valence-corrected chi connectivity index (χ3v) is 5.46. The van der Waals surface area contributed by atoms with Gasteiger partial charge in [-0.3, -0.25) is 18.9 Å². The van der Waals surface area contributed by atoms with Crippen LogP contribution in [0.5, 0.6) is 0 Å². The minimum Gasteiger partial charge on any atom is -0.300 e. The Hall–Kier alpha value is -3.60. The van der Waals surface area contributed by atoms with Crippen molar-refractivity contribution in [3.63, 3.8) is 0 Å². The van der Waals surface area contributed by atoms with Gasteiger partial charge in [0.25, 0.3) is 11.5 Å². The average molecular weight is 698 g/mol. The van der Waals surface area contributed by atoms with Crippen LogP contribution >= 0.6 is 0 Å². The molecule has 0 aliphatic rings. The van der Waals surface area contributed by atoms with E-state index in [-0.39, 0.29) is 43.8 Å². The molecule has 37 heavy (non-hydrogen) atoms. The van der Waals surface area contributed by atoms with Crippen LogP contribution in [0.25, 0.3) is 22.8 Å². The van der Waals surface area contributed by atoms with Gasteiger partial charge in [-0.1, -0.05) is 23.8 Å². The molecule has 3 aromatic heterocycles. The number of nitrogens with zero attached hydrogens (tertiary/aromatic N) is 6. The monoisotopic (exact) mass is 698 g/mol. The maximum Gasteiger partial charge on any atom is 0.453 e. The molecule has 0 atom stereocenters.